The van der Waals surface area contributed by atoms with Crippen LogP contribution >= 0.6 is 35.7 Å². The molecule has 0 aliphatic carbocycles. The van der Waals surface area contributed by atoms with Crippen LogP contribution in [-0.2, 0) is 0 Å². The van der Waals surface area contributed by atoms with Crippen molar-refractivity contribution in [2.24, 2.45) is 4.99 Å². The molecule has 0 amide bonds. The number of rotatable bonds is 12. The molecule has 0 aliphatic rings. The first kappa shape index (κ1) is 23.6. The smallest absolute Gasteiger partial charge is 0.191 e. The van der Waals surface area contributed by atoms with Crippen LogP contribution < -0.4 is 10.6 Å². The van der Waals surface area contributed by atoms with E-state index in [1.165, 1.54) is 38.0 Å². The van der Waals surface area contributed by atoms with Crippen molar-refractivity contribution >= 4 is 41.7 Å². The second kappa shape index (κ2) is 18.4. The Hall–Kier alpha value is 0.310. The molecule has 0 aromatic heterocycles. The molecule has 0 saturated carbocycles. The third-order valence-corrected chi connectivity index (χ3v) is 3.75. The summed E-state index contributed by atoms with van der Waals surface area (Å²) in [5.41, 5.74) is 0. The van der Waals surface area contributed by atoms with Crippen molar-refractivity contribution in [3.05, 3.63) is 0 Å². The van der Waals surface area contributed by atoms with Crippen LogP contribution in [0.15, 0.2) is 4.99 Å². The fourth-order valence-electron chi connectivity index (χ4n) is 1.80. The van der Waals surface area contributed by atoms with Gasteiger partial charge in [-0.1, -0.05) is 13.3 Å². The van der Waals surface area contributed by atoms with Crippen molar-refractivity contribution in [2.45, 2.75) is 39.5 Å². The zero-order chi connectivity index (χ0) is 15.1. The zero-order valence-electron chi connectivity index (χ0n) is 14.3. The molecular weight excluding hydrogens is 395 g/mol. The van der Waals surface area contributed by atoms with Gasteiger partial charge in [0.15, 0.2) is 5.96 Å². The predicted molar refractivity (Wildman–Crippen MR) is 109 cm³/mol. The van der Waals surface area contributed by atoms with E-state index in [0.717, 1.165) is 32.1 Å². The minimum absolute atomic E-state index is 0. The van der Waals surface area contributed by atoms with E-state index in [0.29, 0.717) is 0 Å². The average Bonchev–Trinajstić information content (AvgIpc) is 2.44. The van der Waals surface area contributed by atoms with Gasteiger partial charge in [-0.2, -0.15) is 11.8 Å². The maximum atomic E-state index is 4.61. The zero-order valence-corrected chi connectivity index (χ0v) is 17.4. The van der Waals surface area contributed by atoms with Gasteiger partial charge in [-0.3, -0.25) is 4.99 Å². The van der Waals surface area contributed by atoms with Crippen LogP contribution in [0.3, 0.4) is 0 Å². The van der Waals surface area contributed by atoms with Gasteiger partial charge in [0.1, 0.15) is 0 Å². The van der Waals surface area contributed by atoms with E-state index in [2.05, 4.69) is 47.7 Å². The third-order valence-electron chi connectivity index (χ3n) is 3.05. The highest BCUT2D eigenvalue weighted by atomic mass is 127. The molecule has 0 spiro atoms. The molecule has 2 N–H and O–H groups in total. The number of thioether (sulfide) groups is 1. The molecule has 0 unspecified atom stereocenters. The first-order chi connectivity index (χ1) is 9.74. The summed E-state index contributed by atoms with van der Waals surface area (Å²) in [6.45, 7) is 9.38. The molecule has 6 heteroatoms. The number of hydrogen-bond donors (Lipinski definition) is 2. The molecule has 0 saturated heterocycles. The highest BCUT2D eigenvalue weighted by molar-refractivity contribution is 14.0. The Kier molecular flexibility index (Phi) is 20.6. The number of likely N-dealkylation sites (N-methyl/N-ethyl adjacent to an activating group) is 1. The Bertz CT molecular complexity index is 240. The second-order valence-electron chi connectivity index (χ2n) is 5.04. The number of nitrogens with one attached hydrogen (secondary N) is 2. The van der Waals surface area contributed by atoms with Gasteiger partial charge in [-0.25, -0.2) is 0 Å². The summed E-state index contributed by atoms with van der Waals surface area (Å²) >= 11 is 1.91. The Morgan fingerprint density at radius 1 is 1.10 bits per heavy atom. The summed E-state index contributed by atoms with van der Waals surface area (Å²) < 4.78 is 0. The van der Waals surface area contributed by atoms with Crippen molar-refractivity contribution in [1.29, 1.82) is 0 Å². The fourth-order valence-corrected chi connectivity index (χ4v) is 2.29. The average molecular weight is 430 g/mol. The van der Waals surface area contributed by atoms with E-state index in [4.69, 9.17) is 0 Å². The van der Waals surface area contributed by atoms with Gasteiger partial charge in [0, 0.05) is 26.2 Å². The van der Waals surface area contributed by atoms with Crippen LogP contribution in [0.5, 0.6) is 0 Å². The lowest BCUT2D eigenvalue weighted by Gasteiger charge is -2.17. The van der Waals surface area contributed by atoms with Gasteiger partial charge >= 0.3 is 0 Å². The van der Waals surface area contributed by atoms with Gasteiger partial charge in [-0.15, -0.1) is 24.0 Å². The number of unbranched alkanes of at least 4 members (excludes halogenated alkanes) is 2. The molecule has 0 aromatic rings. The first-order valence-electron chi connectivity index (χ1n) is 7.94. The van der Waals surface area contributed by atoms with Gasteiger partial charge in [0.05, 0.1) is 0 Å². The van der Waals surface area contributed by atoms with Crippen molar-refractivity contribution in [1.82, 2.24) is 15.5 Å². The number of guanidine groups is 1. The summed E-state index contributed by atoms with van der Waals surface area (Å²) in [6.07, 6.45) is 7.12. The number of hydrogen-bond acceptors (Lipinski definition) is 3. The molecular formula is C15H35IN4S. The van der Waals surface area contributed by atoms with Crippen LogP contribution in [-0.4, -0.2) is 62.6 Å². The number of aliphatic imine (C=N–C) groups is 1. The van der Waals surface area contributed by atoms with E-state index in [1.807, 2.05) is 11.8 Å². The lowest BCUT2D eigenvalue weighted by Crippen LogP contribution is -2.41. The normalized spacial score (nSPS) is 11.4. The number of halogens is 1. The molecule has 0 rings (SSSR count). The van der Waals surface area contributed by atoms with Crippen LogP contribution in [0.4, 0.5) is 0 Å². The molecule has 0 atom stereocenters. The predicted octanol–water partition coefficient (Wildman–Crippen LogP) is 3.03. The summed E-state index contributed by atoms with van der Waals surface area (Å²) in [6, 6.07) is 0. The molecule has 0 aromatic carbocycles. The van der Waals surface area contributed by atoms with E-state index < -0.39 is 0 Å². The Labute approximate surface area is 153 Å². The summed E-state index contributed by atoms with van der Waals surface area (Å²) in [4.78, 5) is 6.98. The maximum Gasteiger partial charge on any atom is 0.191 e. The maximum absolute atomic E-state index is 4.61. The van der Waals surface area contributed by atoms with Crippen molar-refractivity contribution < 1.29 is 0 Å². The monoisotopic (exact) mass is 430 g/mol. The highest BCUT2D eigenvalue weighted by Gasteiger charge is 1.99. The molecule has 0 radical (unpaired) electrons. The van der Waals surface area contributed by atoms with Gasteiger partial charge in [-0.05, 0) is 51.8 Å². The van der Waals surface area contributed by atoms with Crippen LogP contribution in [0.2, 0.25) is 0 Å². The number of nitrogens with zero attached hydrogens (tertiary/aromatic N) is 2. The quantitative estimate of drug-likeness (QED) is 0.216. The van der Waals surface area contributed by atoms with E-state index in [1.54, 1.807) is 0 Å². The van der Waals surface area contributed by atoms with Crippen LogP contribution in [0, 0.1) is 0 Å². The summed E-state index contributed by atoms with van der Waals surface area (Å²) in [7, 11) is 2.18. The second-order valence-corrected chi connectivity index (χ2v) is 6.03. The molecule has 21 heavy (non-hydrogen) atoms. The molecule has 128 valence electrons. The highest BCUT2D eigenvalue weighted by Crippen LogP contribution is 1.98. The van der Waals surface area contributed by atoms with Crippen molar-refractivity contribution in [2.75, 3.05) is 51.8 Å². The Balaban J connectivity index is 0. The minimum atomic E-state index is 0. The third kappa shape index (κ3) is 16.5. The minimum Gasteiger partial charge on any atom is -0.357 e. The van der Waals surface area contributed by atoms with E-state index >= 15 is 0 Å². The van der Waals surface area contributed by atoms with Gasteiger partial charge < -0.3 is 15.5 Å². The van der Waals surface area contributed by atoms with Crippen LogP contribution in [0.25, 0.3) is 0 Å². The molecule has 0 fully saturated rings. The Morgan fingerprint density at radius 3 is 2.48 bits per heavy atom. The van der Waals surface area contributed by atoms with Crippen molar-refractivity contribution in [3.63, 3.8) is 0 Å². The summed E-state index contributed by atoms with van der Waals surface area (Å²) in [5, 5.41) is 6.72. The Morgan fingerprint density at radius 2 is 1.86 bits per heavy atom. The topological polar surface area (TPSA) is 39.7 Å². The summed E-state index contributed by atoms with van der Waals surface area (Å²) in [5.74, 6) is 2.20. The van der Waals surface area contributed by atoms with Crippen LogP contribution in [0.1, 0.15) is 39.5 Å². The lowest BCUT2D eigenvalue weighted by molar-refractivity contribution is 0.332. The molecule has 0 bridgehead atoms. The SMILES string of the molecule is CCCCN(C)CCNC(=NCCCCSC)NCC.I. The van der Waals surface area contributed by atoms with Gasteiger partial charge in [0.25, 0.3) is 0 Å². The van der Waals surface area contributed by atoms with Gasteiger partial charge in [0.2, 0.25) is 0 Å². The molecule has 0 aliphatic heterocycles. The fraction of sp³-hybridized carbons (Fsp3) is 0.933. The van der Waals surface area contributed by atoms with Crippen molar-refractivity contribution in [3.8, 4) is 0 Å². The molecule has 0 heterocycles. The standard InChI is InChI=1S/C15H34N4S.HI/c1-5-7-12-19(3)13-11-18-15(16-6-2)17-10-8-9-14-20-4;/h5-14H2,1-4H3,(H2,16,17,18);1H. The van der Waals surface area contributed by atoms with E-state index in [9.17, 15) is 0 Å². The van der Waals surface area contributed by atoms with E-state index in [-0.39, 0.29) is 24.0 Å². The first-order valence-corrected chi connectivity index (χ1v) is 9.33. The molecule has 4 nitrogen and oxygen atoms in total. The lowest BCUT2D eigenvalue weighted by atomic mass is 10.3. The largest absolute Gasteiger partial charge is 0.357 e.